The molecule has 1 saturated heterocycles. The number of nitrogens with zero attached hydrogens (tertiary/aromatic N) is 2. The Hall–Kier alpha value is -2.41. The van der Waals surface area contributed by atoms with E-state index in [9.17, 15) is 14.4 Å². The predicted molar refractivity (Wildman–Crippen MR) is 108 cm³/mol. The van der Waals surface area contributed by atoms with Crippen LogP contribution in [0.1, 0.15) is 56.6 Å². The average molecular weight is 399 g/mol. The van der Waals surface area contributed by atoms with Crippen molar-refractivity contribution < 1.29 is 14.4 Å². The van der Waals surface area contributed by atoms with E-state index in [0.717, 1.165) is 36.3 Å². The minimum Gasteiger partial charge on any atom is -0.322 e. The van der Waals surface area contributed by atoms with Crippen LogP contribution in [0.15, 0.2) is 24.3 Å². The molecule has 0 bridgehead atoms. The first-order chi connectivity index (χ1) is 13.9. The van der Waals surface area contributed by atoms with Crippen LogP contribution in [0.2, 0.25) is 0 Å². The number of nitrogens with one attached hydrogen (secondary N) is 2. The van der Waals surface area contributed by atoms with E-state index in [1.807, 2.05) is 6.92 Å². The van der Waals surface area contributed by atoms with Gasteiger partial charge in [-0.05, 0) is 56.9 Å². The second kappa shape index (κ2) is 7.78. The summed E-state index contributed by atoms with van der Waals surface area (Å²) in [7, 11) is 0. The SMILES string of the molecule is Cc1ccc(CN(CC(=O)NN2C(=O)NC3(CCC(C)CC3)C2=O)C2CC2)cc1. The fraction of sp³-hybridized carbons (Fsp3) is 0.591. The minimum atomic E-state index is -0.838. The van der Waals surface area contributed by atoms with Gasteiger partial charge in [-0.1, -0.05) is 36.8 Å². The smallest absolute Gasteiger partial charge is 0.322 e. The number of hydrogen-bond donors (Lipinski definition) is 2. The molecule has 1 heterocycles. The van der Waals surface area contributed by atoms with E-state index in [2.05, 4.69) is 46.8 Å². The first-order valence-electron chi connectivity index (χ1n) is 10.6. The Morgan fingerprint density at radius 2 is 1.83 bits per heavy atom. The standard InChI is InChI=1S/C22H30N4O3/c1-15-3-5-17(6-4-15)13-25(18-7-8-18)14-19(27)24-26-20(28)22(23-21(26)29)11-9-16(2)10-12-22/h3-6,16,18H,7-14H2,1-2H3,(H,23,29)(H,24,27). The molecule has 1 aliphatic heterocycles. The van der Waals surface area contributed by atoms with Crippen molar-refractivity contribution in [1.82, 2.24) is 20.7 Å². The topological polar surface area (TPSA) is 81.8 Å². The lowest BCUT2D eigenvalue weighted by atomic mass is 9.77. The van der Waals surface area contributed by atoms with Gasteiger partial charge in [-0.15, -0.1) is 0 Å². The number of hydrazine groups is 1. The number of hydrogen-bond acceptors (Lipinski definition) is 4. The molecule has 3 aliphatic rings. The minimum absolute atomic E-state index is 0.166. The number of carbonyl (C=O) groups excluding carboxylic acids is 3. The first kappa shape index (κ1) is 19.9. The molecule has 0 radical (unpaired) electrons. The van der Waals surface area contributed by atoms with Gasteiger partial charge in [0.05, 0.1) is 6.54 Å². The van der Waals surface area contributed by atoms with E-state index >= 15 is 0 Å². The Bertz CT molecular complexity index is 795. The highest BCUT2D eigenvalue weighted by Gasteiger charge is 2.53. The molecule has 4 amide bonds. The summed E-state index contributed by atoms with van der Waals surface area (Å²) >= 11 is 0. The van der Waals surface area contributed by atoms with Crippen LogP contribution in [0.5, 0.6) is 0 Å². The predicted octanol–water partition coefficient (Wildman–Crippen LogP) is 2.49. The summed E-state index contributed by atoms with van der Waals surface area (Å²) in [5.41, 5.74) is 4.08. The third-order valence-electron chi connectivity index (χ3n) is 6.44. The van der Waals surface area contributed by atoms with Gasteiger partial charge in [0, 0.05) is 12.6 Å². The molecule has 4 rings (SSSR count). The van der Waals surface area contributed by atoms with Crippen molar-refractivity contribution in [3.05, 3.63) is 35.4 Å². The van der Waals surface area contributed by atoms with Gasteiger partial charge < -0.3 is 5.32 Å². The van der Waals surface area contributed by atoms with E-state index in [1.54, 1.807) is 0 Å². The molecule has 7 heteroatoms. The van der Waals surface area contributed by atoms with Crippen molar-refractivity contribution in [2.45, 2.75) is 70.5 Å². The summed E-state index contributed by atoms with van der Waals surface area (Å²) < 4.78 is 0. The number of aryl methyl sites for hydroxylation is 1. The van der Waals surface area contributed by atoms with Crippen LogP contribution in [0, 0.1) is 12.8 Å². The highest BCUT2D eigenvalue weighted by molar-refractivity contribution is 6.08. The highest BCUT2D eigenvalue weighted by Crippen LogP contribution is 2.35. The van der Waals surface area contributed by atoms with Gasteiger partial charge in [0.15, 0.2) is 0 Å². The molecule has 2 N–H and O–H groups in total. The molecule has 1 spiro atoms. The largest absolute Gasteiger partial charge is 0.344 e. The lowest BCUT2D eigenvalue weighted by Crippen LogP contribution is -2.53. The lowest BCUT2D eigenvalue weighted by molar-refractivity contribution is -0.140. The maximum absolute atomic E-state index is 12.9. The van der Waals surface area contributed by atoms with Gasteiger partial charge >= 0.3 is 6.03 Å². The Morgan fingerprint density at radius 3 is 2.45 bits per heavy atom. The van der Waals surface area contributed by atoms with Crippen LogP contribution in [-0.2, 0) is 16.1 Å². The Kier molecular flexibility index (Phi) is 5.34. The number of benzene rings is 1. The summed E-state index contributed by atoms with van der Waals surface area (Å²) in [6.45, 7) is 5.06. The maximum atomic E-state index is 12.9. The van der Waals surface area contributed by atoms with Crippen molar-refractivity contribution in [2.24, 2.45) is 5.92 Å². The first-order valence-corrected chi connectivity index (χ1v) is 10.6. The van der Waals surface area contributed by atoms with Crippen LogP contribution in [0.3, 0.4) is 0 Å². The summed E-state index contributed by atoms with van der Waals surface area (Å²) in [6, 6.07) is 8.16. The molecule has 3 fully saturated rings. The Balaban J connectivity index is 1.37. The number of urea groups is 1. The van der Waals surface area contributed by atoms with Crippen molar-refractivity contribution in [2.75, 3.05) is 6.54 Å². The van der Waals surface area contributed by atoms with Crippen molar-refractivity contribution >= 4 is 17.8 Å². The van der Waals surface area contributed by atoms with Crippen molar-refractivity contribution in [1.29, 1.82) is 0 Å². The average Bonchev–Trinajstić information content (AvgIpc) is 3.51. The molecule has 1 aromatic rings. The third-order valence-corrected chi connectivity index (χ3v) is 6.44. The normalized spacial score (nSPS) is 26.9. The van der Waals surface area contributed by atoms with E-state index in [1.165, 1.54) is 5.56 Å². The molecule has 0 aromatic heterocycles. The molecular weight excluding hydrogens is 368 g/mol. The third kappa shape index (κ3) is 4.29. The van der Waals surface area contributed by atoms with Gasteiger partial charge in [-0.3, -0.25) is 19.9 Å². The number of amides is 4. The quantitative estimate of drug-likeness (QED) is 0.722. The number of rotatable bonds is 6. The molecular formula is C22H30N4O3. The number of carbonyl (C=O) groups is 3. The van der Waals surface area contributed by atoms with Crippen LogP contribution >= 0.6 is 0 Å². The molecule has 29 heavy (non-hydrogen) atoms. The molecule has 2 aliphatic carbocycles. The molecule has 0 atom stereocenters. The van der Waals surface area contributed by atoms with Gasteiger partial charge in [0.2, 0.25) is 0 Å². The van der Waals surface area contributed by atoms with Gasteiger partial charge in [0.25, 0.3) is 11.8 Å². The second-order valence-electron chi connectivity index (χ2n) is 8.99. The van der Waals surface area contributed by atoms with E-state index in [0.29, 0.717) is 31.3 Å². The monoisotopic (exact) mass is 398 g/mol. The summed E-state index contributed by atoms with van der Waals surface area (Å²) in [4.78, 5) is 40.1. The van der Waals surface area contributed by atoms with Crippen molar-refractivity contribution in [3.63, 3.8) is 0 Å². The molecule has 0 unspecified atom stereocenters. The molecule has 156 valence electrons. The highest BCUT2D eigenvalue weighted by atomic mass is 16.2. The summed E-state index contributed by atoms with van der Waals surface area (Å²) in [5.74, 6) is -0.0872. The second-order valence-corrected chi connectivity index (χ2v) is 8.99. The van der Waals surface area contributed by atoms with Gasteiger partial charge in [-0.25, -0.2) is 4.79 Å². The molecule has 1 aromatic carbocycles. The fourth-order valence-corrected chi connectivity index (χ4v) is 4.34. The number of imide groups is 1. The maximum Gasteiger partial charge on any atom is 0.344 e. The molecule has 7 nitrogen and oxygen atoms in total. The zero-order valence-electron chi connectivity index (χ0n) is 17.2. The van der Waals surface area contributed by atoms with Crippen LogP contribution in [-0.4, -0.2) is 45.9 Å². The van der Waals surface area contributed by atoms with Crippen molar-refractivity contribution in [3.8, 4) is 0 Å². The van der Waals surface area contributed by atoms with Crippen LogP contribution < -0.4 is 10.7 Å². The van der Waals surface area contributed by atoms with Crippen LogP contribution in [0.25, 0.3) is 0 Å². The van der Waals surface area contributed by atoms with E-state index in [-0.39, 0.29) is 18.4 Å². The zero-order chi connectivity index (χ0) is 20.6. The Labute approximate surface area is 171 Å². The van der Waals surface area contributed by atoms with Crippen LogP contribution in [0.4, 0.5) is 4.79 Å². The van der Waals surface area contributed by atoms with E-state index in [4.69, 9.17) is 0 Å². The van der Waals surface area contributed by atoms with E-state index < -0.39 is 11.6 Å². The lowest BCUT2D eigenvalue weighted by Gasteiger charge is -2.33. The zero-order valence-corrected chi connectivity index (χ0v) is 17.2. The summed E-state index contributed by atoms with van der Waals surface area (Å²) in [5, 5.41) is 3.74. The molecule has 2 saturated carbocycles. The summed E-state index contributed by atoms with van der Waals surface area (Å²) in [6.07, 6.45) is 5.21. The fourth-order valence-electron chi connectivity index (χ4n) is 4.34. The Morgan fingerprint density at radius 1 is 1.17 bits per heavy atom. The van der Waals surface area contributed by atoms with Gasteiger partial charge in [-0.2, -0.15) is 5.01 Å². The van der Waals surface area contributed by atoms with Gasteiger partial charge in [0.1, 0.15) is 5.54 Å².